The van der Waals surface area contributed by atoms with E-state index in [1.165, 1.54) is 263 Å². The Hall–Kier alpha value is -12.5. The van der Waals surface area contributed by atoms with E-state index in [0.717, 1.165) is 0 Å². The summed E-state index contributed by atoms with van der Waals surface area (Å²) >= 11 is 0. The van der Waals surface area contributed by atoms with Crippen LogP contribution in [0.5, 0.6) is 0 Å². The van der Waals surface area contributed by atoms with E-state index in [1.807, 2.05) is 0 Å². The van der Waals surface area contributed by atoms with Crippen molar-refractivity contribution in [1.29, 1.82) is 0 Å². The van der Waals surface area contributed by atoms with E-state index in [4.69, 9.17) is 0 Å². The van der Waals surface area contributed by atoms with Crippen molar-refractivity contribution >= 4 is 119 Å². The molecule has 0 fully saturated rings. The maximum Gasteiger partial charge on any atom is -0.000138 e. The molecular weight excluding hydrogens is 1300 g/mol. The third-order valence-electron chi connectivity index (χ3n) is 23.9. The molecule has 516 valence electrons. The number of benzene rings is 19. The lowest BCUT2D eigenvalue weighted by Gasteiger charge is -2.26. The second kappa shape index (κ2) is 25.7. The third kappa shape index (κ3) is 10.1. The lowest BCUT2D eigenvalue weighted by atomic mass is 9.76. The van der Waals surface area contributed by atoms with Crippen LogP contribution in [-0.4, -0.2) is 0 Å². The first kappa shape index (κ1) is 66.2. The molecule has 0 saturated heterocycles. The minimum absolute atomic E-state index is 1.18. The second-order valence-corrected chi connectivity index (χ2v) is 31.1. The van der Waals surface area contributed by atoms with Gasteiger partial charge in [-0.1, -0.05) is 313 Å². The highest BCUT2D eigenvalue weighted by Crippen LogP contribution is 2.53. The maximum atomic E-state index is 2.47. The fourth-order valence-electron chi connectivity index (χ4n) is 20.4. The smallest absolute Gasteiger partial charge is 0.000138 e. The number of fused-ring (bicyclic) bond motifs is 10. The molecule has 108 heavy (non-hydrogen) atoms. The molecule has 0 aliphatic heterocycles. The highest BCUT2D eigenvalue weighted by molar-refractivity contribution is 6.30. The van der Waals surface area contributed by atoms with Crippen LogP contribution < -0.4 is 10.4 Å². The molecule has 0 aromatic heterocycles. The minimum atomic E-state index is 1.18. The fraction of sp³-hybridized carbons (Fsp3) is 0.111. The summed E-state index contributed by atoms with van der Waals surface area (Å²) in [6, 6.07) is 113. The molecular formula is C108H84. The Kier molecular flexibility index (Phi) is 15.7. The Balaban J connectivity index is 1.12. The van der Waals surface area contributed by atoms with Crippen molar-refractivity contribution in [3.8, 4) is 44.5 Å². The number of rotatable bonds is 8. The second-order valence-electron chi connectivity index (χ2n) is 31.1. The monoisotopic (exact) mass is 1380 g/mol. The van der Waals surface area contributed by atoms with Crippen molar-refractivity contribution in [2.45, 2.75) is 83.1 Å². The van der Waals surface area contributed by atoms with Gasteiger partial charge in [0.25, 0.3) is 0 Å². The zero-order valence-corrected chi connectivity index (χ0v) is 63.7. The summed E-state index contributed by atoms with van der Waals surface area (Å²) in [6.07, 6.45) is 0. The predicted octanol–water partition coefficient (Wildman–Crippen LogP) is 28.1. The molecule has 0 N–H and O–H groups in total. The summed E-state index contributed by atoms with van der Waals surface area (Å²) in [5.41, 5.74) is 32.8. The van der Waals surface area contributed by atoms with Gasteiger partial charge in [0.15, 0.2) is 0 Å². The molecule has 0 nitrogen and oxygen atoms in total. The van der Waals surface area contributed by atoms with Gasteiger partial charge in [-0.25, -0.2) is 0 Å². The SMILES string of the molecule is Cc1cc(C)c(-c2c3ccccc3c(C(c3c4ccccc4c(-c4c(C)cc(C)cc4C)c4ccccc34)=c3c4ccccc4c(=C(c4c5ccccc5c(-c5c(C)cc(C)cc5C)c5ccccc45)c4c5ccccc5c(-c5c(C)cc(C)cc5C)c5ccccc45)c4ccccc34)c3ccccc23)c(C)c1. The van der Waals surface area contributed by atoms with Crippen LogP contribution in [-0.2, 0) is 0 Å². The normalized spacial score (nSPS) is 11.9. The van der Waals surface area contributed by atoms with E-state index in [1.54, 1.807) is 0 Å². The molecule has 0 aliphatic carbocycles. The van der Waals surface area contributed by atoms with Gasteiger partial charge < -0.3 is 0 Å². The van der Waals surface area contributed by atoms with Gasteiger partial charge >= 0.3 is 0 Å². The number of hydrogen-bond donors (Lipinski definition) is 0. The standard InChI is InChI=1S/C108H84/c1-61-53-65(5)93(66(6)54-61)97-73-33-13-21-41-81(73)101(82-42-22-14-34-74(82)97)107(102-83-43-23-15-35-75(83)98(76-36-16-24-44-84(76)102)94-67(7)55-62(2)56-68(94)8)105-89-49-29-31-51-91(89)106(92-52-32-30-50-90(92)105)108(103-85-45-25-17-37-77(85)99(78-38-18-26-46-86(78)103)95-69(9)57-63(3)58-70(95)10)104-87-47-27-19-39-79(87)100(80-40-20-28-48-88(80)104)96-71(11)59-64(4)60-72(96)12/h13-60H,1-12H3. The van der Waals surface area contributed by atoms with Crippen LogP contribution in [0.25, 0.3) is 163 Å². The molecule has 0 atom stereocenters. The van der Waals surface area contributed by atoms with E-state index in [0.29, 0.717) is 0 Å². The molecule has 0 heteroatoms. The summed E-state index contributed by atoms with van der Waals surface area (Å²) in [5, 5.41) is 26.6. The average molecular weight is 1380 g/mol. The molecule has 19 aromatic rings. The topological polar surface area (TPSA) is 0 Å². The molecule has 0 radical (unpaired) electrons. The molecule has 0 unspecified atom stereocenters. The molecule has 0 aliphatic rings. The number of aryl methyl sites for hydroxylation is 12. The first-order valence-electron chi connectivity index (χ1n) is 38.4. The predicted molar refractivity (Wildman–Crippen MR) is 468 cm³/mol. The summed E-state index contributed by atoms with van der Waals surface area (Å²) in [4.78, 5) is 0. The van der Waals surface area contributed by atoms with Gasteiger partial charge in [0, 0.05) is 0 Å². The van der Waals surface area contributed by atoms with Gasteiger partial charge in [-0.3, -0.25) is 0 Å². The Labute approximate surface area is 632 Å². The van der Waals surface area contributed by atoms with Crippen molar-refractivity contribution in [3.63, 3.8) is 0 Å². The van der Waals surface area contributed by atoms with Gasteiger partial charge in [0.1, 0.15) is 0 Å². The quantitative estimate of drug-likeness (QED) is 0.133. The van der Waals surface area contributed by atoms with Gasteiger partial charge in [0.05, 0.1) is 0 Å². The van der Waals surface area contributed by atoms with Gasteiger partial charge in [-0.2, -0.15) is 0 Å². The first-order chi connectivity index (χ1) is 52.6. The Morgan fingerprint density at radius 1 is 0.139 bits per heavy atom. The van der Waals surface area contributed by atoms with Crippen LogP contribution in [0.4, 0.5) is 0 Å². The lowest BCUT2D eigenvalue weighted by Crippen LogP contribution is -2.22. The minimum Gasteiger partial charge on any atom is -0.0616 e. The van der Waals surface area contributed by atoms with Crippen LogP contribution in [0.2, 0.25) is 0 Å². The summed E-state index contributed by atoms with van der Waals surface area (Å²) in [7, 11) is 0. The van der Waals surface area contributed by atoms with Crippen LogP contribution in [0, 0.1) is 83.1 Å². The Bertz CT molecular complexity index is 6110. The highest BCUT2D eigenvalue weighted by atomic mass is 14.3. The fourth-order valence-corrected chi connectivity index (χ4v) is 20.4. The summed E-state index contributed by atoms with van der Waals surface area (Å²) in [6.45, 7) is 27.4. The van der Waals surface area contributed by atoms with Crippen LogP contribution in [0.1, 0.15) is 89.0 Å². The molecule has 0 amide bonds. The lowest BCUT2D eigenvalue weighted by molar-refractivity contribution is 1.33. The van der Waals surface area contributed by atoms with E-state index < -0.39 is 0 Å². The highest BCUT2D eigenvalue weighted by Gasteiger charge is 2.31. The Morgan fingerprint density at radius 3 is 0.398 bits per heavy atom. The first-order valence-corrected chi connectivity index (χ1v) is 38.4. The third-order valence-corrected chi connectivity index (χ3v) is 23.9. The van der Waals surface area contributed by atoms with Crippen molar-refractivity contribution in [2.75, 3.05) is 0 Å². The molecule has 0 saturated carbocycles. The largest absolute Gasteiger partial charge is 0.0616 e. The van der Waals surface area contributed by atoms with Crippen molar-refractivity contribution in [2.24, 2.45) is 0 Å². The molecule has 0 bridgehead atoms. The van der Waals surface area contributed by atoms with E-state index in [9.17, 15) is 0 Å². The van der Waals surface area contributed by atoms with Crippen LogP contribution in [0.15, 0.2) is 291 Å². The van der Waals surface area contributed by atoms with Crippen molar-refractivity contribution < 1.29 is 0 Å². The molecule has 0 heterocycles. The van der Waals surface area contributed by atoms with E-state index >= 15 is 0 Å². The van der Waals surface area contributed by atoms with Gasteiger partial charge in [0.2, 0.25) is 0 Å². The van der Waals surface area contributed by atoms with Crippen molar-refractivity contribution in [1.82, 2.24) is 0 Å². The zero-order valence-electron chi connectivity index (χ0n) is 63.7. The molecule has 0 spiro atoms. The zero-order chi connectivity index (χ0) is 73.7. The number of hydrogen-bond acceptors (Lipinski definition) is 0. The van der Waals surface area contributed by atoms with Crippen LogP contribution in [0.3, 0.4) is 0 Å². The average Bonchev–Trinajstić information content (AvgIpc) is 0.693. The van der Waals surface area contributed by atoms with Gasteiger partial charge in [-0.05, 0) is 324 Å². The van der Waals surface area contributed by atoms with E-state index in [-0.39, 0.29) is 0 Å². The molecule has 19 rings (SSSR count). The Morgan fingerprint density at radius 2 is 0.259 bits per heavy atom. The van der Waals surface area contributed by atoms with Crippen LogP contribution >= 0.6 is 0 Å². The molecule has 19 aromatic carbocycles. The van der Waals surface area contributed by atoms with Crippen molar-refractivity contribution in [3.05, 3.63) is 391 Å². The summed E-state index contributed by atoms with van der Waals surface area (Å²) < 4.78 is 0. The van der Waals surface area contributed by atoms with Gasteiger partial charge in [-0.15, -0.1) is 0 Å². The van der Waals surface area contributed by atoms with E-state index in [2.05, 4.69) is 374 Å². The summed E-state index contributed by atoms with van der Waals surface area (Å²) in [5.74, 6) is 0. The maximum absolute atomic E-state index is 2.47.